The topological polar surface area (TPSA) is 28.5 Å². The van der Waals surface area contributed by atoms with Gasteiger partial charge in [0.05, 0.1) is 0 Å². The fraction of sp³-hybridized carbons (Fsp3) is 0.300. The van der Waals surface area contributed by atoms with Gasteiger partial charge in [-0.3, -0.25) is 4.79 Å². The second kappa shape index (κ2) is 10.6. The first-order chi connectivity index (χ1) is 17.5. The number of fused-ring (bicyclic) bond motifs is 1. The van der Waals surface area contributed by atoms with E-state index >= 15 is 4.39 Å². The van der Waals surface area contributed by atoms with E-state index in [9.17, 15) is 9.18 Å². The van der Waals surface area contributed by atoms with Crippen LogP contribution in [0.4, 0.5) is 8.78 Å². The van der Waals surface area contributed by atoms with Crippen LogP contribution in [0.3, 0.4) is 0 Å². The summed E-state index contributed by atoms with van der Waals surface area (Å²) in [4.78, 5) is 17.7. The molecule has 3 aromatic carbocycles. The Morgan fingerprint density at radius 1 is 0.861 bits per heavy atom. The molecule has 36 heavy (non-hydrogen) atoms. The first-order valence-corrected chi connectivity index (χ1v) is 12.6. The maximum atomic E-state index is 15.1. The molecule has 6 heteroatoms. The first kappa shape index (κ1) is 24.2. The van der Waals surface area contributed by atoms with Gasteiger partial charge in [0.1, 0.15) is 11.6 Å². The van der Waals surface area contributed by atoms with Gasteiger partial charge in [0.15, 0.2) is 0 Å². The van der Waals surface area contributed by atoms with Crippen LogP contribution in [0, 0.1) is 11.6 Å². The minimum Gasteiger partial charge on any atom is -0.343 e. The Bertz CT molecular complexity index is 1340. The van der Waals surface area contributed by atoms with Crippen LogP contribution in [-0.4, -0.2) is 53.0 Å². The highest BCUT2D eigenvalue weighted by atomic mass is 19.1. The van der Waals surface area contributed by atoms with E-state index in [-0.39, 0.29) is 24.0 Å². The van der Waals surface area contributed by atoms with E-state index in [1.807, 2.05) is 41.4 Å². The molecule has 0 saturated carbocycles. The number of hydrogen-bond acceptors (Lipinski definition) is 2. The maximum Gasteiger partial charge on any atom is 0.223 e. The molecule has 1 saturated heterocycles. The zero-order valence-electron chi connectivity index (χ0n) is 20.5. The quantitative estimate of drug-likeness (QED) is 0.337. The van der Waals surface area contributed by atoms with Crippen molar-refractivity contribution in [3.63, 3.8) is 0 Å². The van der Waals surface area contributed by atoms with E-state index in [0.29, 0.717) is 25.2 Å². The van der Waals surface area contributed by atoms with Crippen LogP contribution in [0.25, 0.3) is 10.9 Å². The van der Waals surface area contributed by atoms with Gasteiger partial charge in [0.25, 0.3) is 0 Å². The molecule has 1 fully saturated rings. The number of nitrogens with zero attached hydrogens (tertiary/aromatic N) is 3. The number of carbonyl (C=O) groups excluding carboxylic acids is 1. The molecule has 1 aliphatic rings. The van der Waals surface area contributed by atoms with Crippen molar-refractivity contribution in [1.29, 1.82) is 0 Å². The minimum atomic E-state index is -0.415. The molecule has 4 nitrogen and oxygen atoms in total. The monoisotopic (exact) mass is 487 g/mol. The van der Waals surface area contributed by atoms with Crippen LogP contribution in [0.2, 0.25) is 0 Å². The summed E-state index contributed by atoms with van der Waals surface area (Å²) in [5.74, 6) is -0.937. The number of benzene rings is 3. The molecule has 5 rings (SSSR count). The number of hydrogen-bond donors (Lipinski definition) is 0. The Morgan fingerprint density at radius 3 is 2.28 bits per heavy atom. The van der Waals surface area contributed by atoms with Crippen molar-refractivity contribution in [2.75, 3.05) is 32.7 Å². The van der Waals surface area contributed by atoms with E-state index in [4.69, 9.17) is 0 Å². The van der Waals surface area contributed by atoms with Gasteiger partial charge in [0, 0.05) is 62.2 Å². The SMILES string of the molecule is CCN1CCN(C(=O)C[C@@H](c2ccccc2F)c2cn(Cc3ccc(F)cc3)c3ccccc23)CC1. The van der Waals surface area contributed by atoms with Gasteiger partial charge in [-0.25, -0.2) is 8.78 Å². The van der Waals surface area contributed by atoms with Crippen molar-refractivity contribution in [1.82, 2.24) is 14.4 Å². The molecule has 0 unspecified atom stereocenters. The summed E-state index contributed by atoms with van der Waals surface area (Å²) in [5, 5.41) is 0.997. The standard InChI is InChI=1S/C30H31F2N3O/c1-2-33-15-17-34(18-16-33)30(36)19-26(24-7-3-5-9-28(24)32)27-21-35(29-10-6-4-8-25(27)29)20-22-11-13-23(31)14-12-22/h3-14,21,26H,2,15-20H2,1H3/t26-/m0/s1. The molecular formula is C30H31F2N3O. The number of aromatic nitrogens is 1. The van der Waals surface area contributed by atoms with E-state index in [0.717, 1.165) is 41.7 Å². The van der Waals surface area contributed by atoms with Gasteiger partial charge < -0.3 is 14.4 Å². The summed E-state index contributed by atoms with van der Waals surface area (Å²) in [7, 11) is 0. The summed E-state index contributed by atoms with van der Waals surface area (Å²) in [6.07, 6.45) is 2.24. The van der Waals surface area contributed by atoms with Crippen LogP contribution in [0.1, 0.15) is 36.0 Å². The minimum absolute atomic E-state index is 0.0503. The Labute approximate surface area is 210 Å². The van der Waals surface area contributed by atoms with Gasteiger partial charge in [-0.05, 0) is 47.5 Å². The molecule has 0 spiro atoms. The van der Waals surface area contributed by atoms with Crippen LogP contribution in [-0.2, 0) is 11.3 Å². The fourth-order valence-corrected chi connectivity index (χ4v) is 5.23. The second-order valence-corrected chi connectivity index (χ2v) is 9.45. The average Bonchev–Trinajstić information content (AvgIpc) is 3.27. The van der Waals surface area contributed by atoms with Gasteiger partial charge in [-0.1, -0.05) is 55.5 Å². The predicted molar refractivity (Wildman–Crippen MR) is 139 cm³/mol. The molecule has 1 amide bonds. The lowest BCUT2D eigenvalue weighted by Gasteiger charge is -2.35. The van der Waals surface area contributed by atoms with Crippen LogP contribution in [0.15, 0.2) is 79.0 Å². The number of carbonyl (C=O) groups is 1. The average molecular weight is 488 g/mol. The Morgan fingerprint density at radius 2 is 1.56 bits per heavy atom. The molecule has 4 aromatic rings. The van der Waals surface area contributed by atoms with Crippen LogP contribution < -0.4 is 0 Å². The summed E-state index contributed by atoms with van der Waals surface area (Å²) in [6.45, 7) is 6.79. The highest BCUT2D eigenvalue weighted by Gasteiger charge is 2.28. The predicted octanol–water partition coefficient (Wildman–Crippen LogP) is 5.65. The molecule has 0 N–H and O–H groups in total. The fourth-order valence-electron chi connectivity index (χ4n) is 5.23. The number of piperazine rings is 1. The van der Waals surface area contributed by atoms with Crippen molar-refractivity contribution >= 4 is 16.8 Å². The zero-order chi connectivity index (χ0) is 25.1. The third-order valence-electron chi connectivity index (χ3n) is 7.29. The van der Waals surface area contributed by atoms with Crippen molar-refractivity contribution in [3.8, 4) is 0 Å². The Balaban J connectivity index is 1.52. The van der Waals surface area contributed by atoms with E-state index < -0.39 is 5.92 Å². The smallest absolute Gasteiger partial charge is 0.223 e. The lowest BCUT2D eigenvalue weighted by Crippen LogP contribution is -2.48. The first-order valence-electron chi connectivity index (χ1n) is 12.6. The summed E-state index contributed by atoms with van der Waals surface area (Å²) in [5.41, 5.74) is 3.43. The van der Waals surface area contributed by atoms with Gasteiger partial charge >= 0.3 is 0 Å². The molecule has 1 atom stereocenters. The molecule has 1 aromatic heterocycles. The molecular weight excluding hydrogens is 456 g/mol. The van der Waals surface area contributed by atoms with Crippen molar-refractivity contribution in [2.24, 2.45) is 0 Å². The van der Waals surface area contributed by atoms with Crippen LogP contribution in [0.5, 0.6) is 0 Å². The van der Waals surface area contributed by atoms with E-state index in [1.165, 1.54) is 18.2 Å². The van der Waals surface area contributed by atoms with Gasteiger partial charge in [0.2, 0.25) is 5.91 Å². The lowest BCUT2D eigenvalue weighted by atomic mass is 9.87. The maximum absolute atomic E-state index is 15.1. The summed E-state index contributed by atoms with van der Waals surface area (Å²) >= 11 is 0. The van der Waals surface area contributed by atoms with E-state index in [1.54, 1.807) is 24.3 Å². The largest absolute Gasteiger partial charge is 0.343 e. The summed E-state index contributed by atoms with van der Waals surface area (Å²) in [6, 6.07) is 21.2. The highest BCUT2D eigenvalue weighted by molar-refractivity contribution is 5.87. The van der Waals surface area contributed by atoms with Crippen molar-refractivity contribution in [3.05, 3.63) is 107 Å². The number of para-hydroxylation sites is 1. The molecule has 0 aliphatic carbocycles. The number of amides is 1. The molecule has 1 aliphatic heterocycles. The molecule has 0 bridgehead atoms. The highest BCUT2D eigenvalue weighted by Crippen LogP contribution is 2.36. The van der Waals surface area contributed by atoms with Crippen molar-refractivity contribution in [2.45, 2.75) is 25.8 Å². The van der Waals surface area contributed by atoms with Crippen molar-refractivity contribution < 1.29 is 13.6 Å². The van der Waals surface area contributed by atoms with Gasteiger partial charge in [-0.2, -0.15) is 0 Å². The third-order valence-corrected chi connectivity index (χ3v) is 7.29. The zero-order valence-corrected chi connectivity index (χ0v) is 20.5. The van der Waals surface area contributed by atoms with Gasteiger partial charge in [-0.15, -0.1) is 0 Å². The molecule has 186 valence electrons. The lowest BCUT2D eigenvalue weighted by molar-refractivity contribution is -0.133. The van der Waals surface area contributed by atoms with E-state index in [2.05, 4.69) is 16.4 Å². The Hall–Kier alpha value is -3.51. The molecule has 2 heterocycles. The number of rotatable bonds is 7. The van der Waals surface area contributed by atoms with Crippen LogP contribution >= 0.6 is 0 Å². The normalized spacial score (nSPS) is 15.4. The third kappa shape index (κ3) is 5.05. The number of likely N-dealkylation sites (N-methyl/N-ethyl adjacent to an activating group) is 1. The number of halogens is 2. The second-order valence-electron chi connectivity index (χ2n) is 9.45. The Kier molecular flexibility index (Phi) is 7.14. The summed E-state index contributed by atoms with van der Waals surface area (Å²) < 4.78 is 30.7. The molecule has 0 radical (unpaired) electrons.